The zero-order chi connectivity index (χ0) is 14.1. The monoisotopic (exact) mass is 275 g/mol. The lowest BCUT2D eigenvalue weighted by atomic mass is 10.1. The molecular weight excluding hydrogens is 258 g/mol. The molecule has 0 spiro atoms. The van der Waals surface area contributed by atoms with Crippen molar-refractivity contribution in [1.82, 2.24) is 4.90 Å². The SMILES string of the molecule is COc1ccc2c(CN3CC[C@H](O)C3)cc(=O)oc2c1. The van der Waals surface area contributed by atoms with E-state index in [1.165, 1.54) is 6.07 Å². The molecule has 1 N–H and O–H groups in total. The van der Waals surface area contributed by atoms with Crippen LogP contribution in [0, 0.1) is 0 Å². The first-order valence-corrected chi connectivity index (χ1v) is 6.67. The van der Waals surface area contributed by atoms with Gasteiger partial charge in [0.15, 0.2) is 0 Å². The topological polar surface area (TPSA) is 62.9 Å². The smallest absolute Gasteiger partial charge is 0.336 e. The van der Waals surface area contributed by atoms with E-state index < -0.39 is 0 Å². The maximum atomic E-state index is 11.7. The molecule has 1 aromatic heterocycles. The molecule has 20 heavy (non-hydrogen) atoms. The van der Waals surface area contributed by atoms with E-state index >= 15 is 0 Å². The van der Waals surface area contributed by atoms with Gasteiger partial charge in [0, 0.05) is 37.2 Å². The highest BCUT2D eigenvalue weighted by Gasteiger charge is 2.21. The molecule has 0 aliphatic carbocycles. The van der Waals surface area contributed by atoms with Gasteiger partial charge in [0.05, 0.1) is 13.2 Å². The Morgan fingerprint density at radius 3 is 3.00 bits per heavy atom. The van der Waals surface area contributed by atoms with E-state index in [0.717, 1.165) is 23.9 Å². The van der Waals surface area contributed by atoms with Crippen molar-refractivity contribution in [3.05, 3.63) is 40.2 Å². The van der Waals surface area contributed by atoms with Crippen LogP contribution in [0.3, 0.4) is 0 Å². The number of methoxy groups -OCH3 is 1. The van der Waals surface area contributed by atoms with E-state index in [1.807, 2.05) is 12.1 Å². The molecule has 1 saturated heterocycles. The highest BCUT2D eigenvalue weighted by Crippen LogP contribution is 2.24. The van der Waals surface area contributed by atoms with Crippen LogP contribution in [-0.4, -0.2) is 36.3 Å². The minimum Gasteiger partial charge on any atom is -0.497 e. The molecule has 2 heterocycles. The van der Waals surface area contributed by atoms with Gasteiger partial charge in [-0.25, -0.2) is 4.79 Å². The van der Waals surface area contributed by atoms with Gasteiger partial charge >= 0.3 is 5.63 Å². The van der Waals surface area contributed by atoms with Crippen molar-refractivity contribution in [2.45, 2.75) is 19.1 Å². The molecule has 0 unspecified atom stereocenters. The van der Waals surface area contributed by atoms with Crippen molar-refractivity contribution in [3.8, 4) is 5.75 Å². The van der Waals surface area contributed by atoms with Crippen LogP contribution in [0.1, 0.15) is 12.0 Å². The van der Waals surface area contributed by atoms with Crippen molar-refractivity contribution < 1.29 is 14.3 Å². The van der Waals surface area contributed by atoms with E-state index in [1.54, 1.807) is 13.2 Å². The molecule has 1 aliphatic rings. The van der Waals surface area contributed by atoms with Crippen LogP contribution in [0.15, 0.2) is 33.5 Å². The van der Waals surface area contributed by atoms with Gasteiger partial charge in [-0.15, -0.1) is 0 Å². The minimum atomic E-state index is -0.361. The summed E-state index contributed by atoms with van der Waals surface area (Å²) in [4.78, 5) is 13.8. The Kier molecular flexibility index (Phi) is 3.46. The predicted octanol–water partition coefficient (Wildman–Crippen LogP) is 1.37. The average Bonchev–Trinajstić information content (AvgIpc) is 2.83. The van der Waals surface area contributed by atoms with E-state index in [9.17, 15) is 9.90 Å². The van der Waals surface area contributed by atoms with Crippen LogP contribution < -0.4 is 10.4 Å². The average molecular weight is 275 g/mol. The maximum absolute atomic E-state index is 11.7. The lowest BCUT2D eigenvalue weighted by molar-refractivity contribution is 0.175. The van der Waals surface area contributed by atoms with Gasteiger partial charge in [0.2, 0.25) is 0 Å². The van der Waals surface area contributed by atoms with Crippen LogP contribution in [0.4, 0.5) is 0 Å². The molecule has 0 amide bonds. The van der Waals surface area contributed by atoms with Crippen LogP contribution in [-0.2, 0) is 6.54 Å². The summed E-state index contributed by atoms with van der Waals surface area (Å²) < 4.78 is 10.4. The van der Waals surface area contributed by atoms with Crippen molar-refractivity contribution in [3.63, 3.8) is 0 Å². The molecule has 0 bridgehead atoms. The van der Waals surface area contributed by atoms with Gasteiger partial charge in [-0.3, -0.25) is 4.90 Å². The predicted molar refractivity (Wildman–Crippen MR) is 74.9 cm³/mol. The number of aliphatic hydroxyl groups excluding tert-OH is 1. The molecule has 2 aromatic rings. The number of ether oxygens (including phenoxy) is 1. The summed E-state index contributed by atoms with van der Waals surface area (Å²) in [6, 6.07) is 7.00. The highest BCUT2D eigenvalue weighted by molar-refractivity contribution is 5.81. The molecule has 5 nitrogen and oxygen atoms in total. The van der Waals surface area contributed by atoms with Crippen molar-refractivity contribution >= 4 is 11.0 Å². The Morgan fingerprint density at radius 1 is 1.45 bits per heavy atom. The van der Waals surface area contributed by atoms with E-state index in [0.29, 0.717) is 24.4 Å². The Bertz CT molecular complexity index is 679. The molecule has 1 atom stereocenters. The van der Waals surface area contributed by atoms with E-state index in [2.05, 4.69) is 4.90 Å². The summed E-state index contributed by atoms with van der Waals surface area (Å²) >= 11 is 0. The number of likely N-dealkylation sites (tertiary alicyclic amines) is 1. The van der Waals surface area contributed by atoms with Gasteiger partial charge in [-0.1, -0.05) is 0 Å². The Morgan fingerprint density at radius 2 is 2.30 bits per heavy atom. The third kappa shape index (κ3) is 2.55. The molecular formula is C15H17NO4. The Hall–Kier alpha value is -1.85. The number of hydrogen-bond donors (Lipinski definition) is 1. The van der Waals surface area contributed by atoms with Gasteiger partial charge in [0.1, 0.15) is 11.3 Å². The first-order valence-electron chi connectivity index (χ1n) is 6.67. The third-order valence-electron chi connectivity index (χ3n) is 3.68. The summed E-state index contributed by atoms with van der Waals surface area (Å²) in [5, 5.41) is 10.5. The molecule has 0 saturated carbocycles. The van der Waals surface area contributed by atoms with Gasteiger partial charge in [-0.05, 0) is 24.1 Å². The zero-order valence-corrected chi connectivity index (χ0v) is 11.3. The number of nitrogens with zero attached hydrogens (tertiary/aromatic N) is 1. The zero-order valence-electron chi connectivity index (χ0n) is 11.3. The normalized spacial score (nSPS) is 19.6. The van der Waals surface area contributed by atoms with Crippen molar-refractivity contribution in [1.29, 1.82) is 0 Å². The minimum absolute atomic E-state index is 0.263. The lowest BCUT2D eigenvalue weighted by Crippen LogP contribution is -2.22. The number of β-amino-alcohol motifs (C(OH)–C–C–N with tert-alkyl or cyclic N) is 1. The summed E-state index contributed by atoms with van der Waals surface area (Å²) in [5.41, 5.74) is 1.10. The van der Waals surface area contributed by atoms with Crippen molar-refractivity contribution in [2.75, 3.05) is 20.2 Å². The standard InChI is InChI=1S/C15H17NO4/c1-19-12-2-3-13-10(6-15(18)20-14(13)7-12)8-16-5-4-11(17)9-16/h2-3,6-7,11,17H,4-5,8-9H2,1H3/t11-/m0/s1. The van der Waals surface area contributed by atoms with Crippen LogP contribution in [0.25, 0.3) is 11.0 Å². The summed E-state index contributed by atoms with van der Waals surface area (Å²) in [6.07, 6.45) is 0.522. The maximum Gasteiger partial charge on any atom is 0.336 e. The first-order chi connectivity index (χ1) is 9.65. The largest absolute Gasteiger partial charge is 0.497 e. The fourth-order valence-corrected chi connectivity index (χ4v) is 2.66. The molecule has 5 heteroatoms. The van der Waals surface area contributed by atoms with Crippen LogP contribution in [0.2, 0.25) is 0 Å². The summed E-state index contributed by atoms with van der Waals surface area (Å²) in [5.74, 6) is 0.661. The molecule has 106 valence electrons. The number of hydrogen-bond acceptors (Lipinski definition) is 5. The first kappa shape index (κ1) is 13.1. The second kappa shape index (κ2) is 5.26. The lowest BCUT2D eigenvalue weighted by Gasteiger charge is -2.16. The van der Waals surface area contributed by atoms with Gasteiger partial charge < -0.3 is 14.3 Å². The summed E-state index contributed by atoms with van der Waals surface area (Å²) in [7, 11) is 1.58. The van der Waals surface area contributed by atoms with Gasteiger partial charge in [-0.2, -0.15) is 0 Å². The van der Waals surface area contributed by atoms with Crippen LogP contribution >= 0.6 is 0 Å². The number of fused-ring (bicyclic) bond motifs is 1. The van der Waals surface area contributed by atoms with Gasteiger partial charge in [0.25, 0.3) is 0 Å². The van der Waals surface area contributed by atoms with Crippen LogP contribution in [0.5, 0.6) is 5.75 Å². The highest BCUT2D eigenvalue weighted by atomic mass is 16.5. The molecule has 3 rings (SSSR count). The molecule has 1 aliphatic heterocycles. The Balaban J connectivity index is 1.99. The third-order valence-corrected chi connectivity index (χ3v) is 3.68. The van der Waals surface area contributed by atoms with E-state index in [4.69, 9.17) is 9.15 Å². The quantitative estimate of drug-likeness (QED) is 0.857. The number of aliphatic hydroxyl groups is 1. The molecule has 1 aromatic carbocycles. The Labute approximate surface area is 116 Å². The molecule has 0 radical (unpaired) electrons. The van der Waals surface area contributed by atoms with E-state index in [-0.39, 0.29) is 11.7 Å². The fourth-order valence-electron chi connectivity index (χ4n) is 2.66. The van der Waals surface area contributed by atoms with Crippen molar-refractivity contribution in [2.24, 2.45) is 0 Å². The number of benzene rings is 1. The molecule has 1 fully saturated rings. The fraction of sp³-hybridized carbons (Fsp3) is 0.400. The second-order valence-electron chi connectivity index (χ2n) is 5.13. The number of rotatable bonds is 3. The second-order valence-corrected chi connectivity index (χ2v) is 5.13. The summed E-state index contributed by atoms with van der Waals surface area (Å²) in [6.45, 7) is 2.14.